The summed E-state index contributed by atoms with van der Waals surface area (Å²) in [6.45, 7) is 3.83. The van der Waals surface area contributed by atoms with E-state index in [4.69, 9.17) is 4.52 Å². The van der Waals surface area contributed by atoms with E-state index in [2.05, 4.69) is 15.5 Å². The van der Waals surface area contributed by atoms with Crippen LogP contribution in [0.1, 0.15) is 42.9 Å². The third-order valence-electron chi connectivity index (χ3n) is 5.51. The van der Waals surface area contributed by atoms with Crippen LogP contribution in [0.25, 0.3) is 11.4 Å². The molecule has 1 atom stereocenters. The Hall–Kier alpha value is -2.89. The molecule has 33 heavy (non-hydrogen) atoms. The van der Waals surface area contributed by atoms with Crippen molar-refractivity contribution < 1.29 is 22.5 Å². The fourth-order valence-corrected chi connectivity index (χ4v) is 6.45. The van der Waals surface area contributed by atoms with Gasteiger partial charge < -0.3 is 9.84 Å². The summed E-state index contributed by atoms with van der Waals surface area (Å²) in [5, 5.41) is 8.41. The molecule has 0 aliphatic carbocycles. The lowest BCUT2D eigenvalue weighted by Gasteiger charge is -2.30. The third-order valence-corrected chi connectivity index (χ3v) is 8.79. The maximum absolute atomic E-state index is 13.2. The van der Waals surface area contributed by atoms with Crippen LogP contribution in [-0.2, 0) is 21.2 Å². The zero-order valence-corrected chi connectivity index (χ0v) is 19.9. The van der Waals surface area contributed by atoms with Gasteiger partial charge in [-0.15, -0.1) is 11.3 Å². The standard InChI is InChI=1S/C22H24N4O5S2/c1-3-19-24-21(25-31-19)17-11-20(32-13-17)33(29,30)26-10-4-5-16(12-26)22(28)23-18-8-6-15(7-9-18)14(2)27/h6-9,11,13,16H,3-5,10,12H2,1-2H3,(H,23,28). The van der Waals surface area contributed by atoms with Crippen LogP contribution in [0.15, 0.2) is 44.4 Å². The highest BCUT2D eigenvalue weighted by atomic mass is 32.2. The van der Waals surface area contributed by atoms with E-state index in [1.54, 1.807) is 35.7 Å². The number of hydrogen-bond donors (Lipinski definition) is 1. The van der Waals surface area contributed by atoms with E-state index in [0.29, 0.717) is 54.3 Å². The number of hydrogen-bond acceptors (Lipinski definition) is 8. The second kappa shape index (κ2) is 9.54. The fourth-order valence-electron chi connectivity index (χ4n) is 3.62. The Balaban J connectivity index is 1.45. The average Bonchev–Trinajstić information content (AvgIpc) is 3.49. The minimum atomic E-state index is -3.75. The monoisotopic (exact) mass is 488 g/mol. The van der Waals surface area contributed by atoms with Crippen molar-refractivity contribution in [1.82, 2.24) is 14.4 Å². The summed E-state index contributed by atoms with van der Waals surface area (Å²) in [6.07, 6.45) is 1.78. The number of nitrogens with one attached hydrogen (secondary N) is 1. The third kappa shape index (κ3) is 5.05. The van der Waals surface area contributed by atoms with Gasteiger partial charge in [0.15, 0.2) is 5.78 Å². The van der Waals surface area contributed by atoms with Crippen LogP contribution in [0.2, 0.25) is 0 Å². The summed E-state index contributed by atoms with van der Waals surface area (Å²) < 4.78 is 33.1. The van der Waals surface area contributed by atoms with Gasteiger partial charge in [0, 0.05) is 41.7 Å². The van der Waals surface area contributed by atoms with E-state index in [0.717, 1.165) is 11.3 Å². The fraction of sp³-hybridized carbons (Fsp3) is 0.364. The van der Waals surface area contributed by atoms with Gasteiger partial charge in [0.25, 0.3) is 10.0 Å². The number of Topliss-reactive ketones (excluding diaryl/α,β-unsaturated/α-hetero) is 1. The highest BCUT2D eigenvalue weighted by molar-refractivity contribution is 7.91. The molecule has 0 spiro atoms. The summed E-state index contributed by atoms with van der Waals surface area (Å²) >= 11 is 1.10. The summed E-state index contributed by atoms with van der Waals surface area (Å²) in [4.78, 5) is 28.4. The van der Waals surface area contributed by atoms with Gasteiger partial charge in [-0.25, -0.2) is 8.42 Å². The molecule has 1 amide bonds. The molecule has 11 heteroatoms. The molecule has 0 saturated carbocycles. The van der Waals surface area contributed by atoms with Crippen molar-refractivity contribution in [1.29, 1.82) is 0 Å². The quantitative estimate of drug-likeness (QED) is 0.504. The first kappa shape index (κ1) is 23.3. The van der Waals surface area contributed by atoms with E-state index >= 15 is 0 Å². The summed E-state index contributed by atoms with van der Waals surface area (Å²) in [5.74, 6) is 0.0848. The van der Waals surface area contributed by atoms with Gasteiger partial charge in [-0.05, 0) is 50.1 Å². The van der Waals surface area contributed by atoms with Crippen molar-refractivity contribution in [3.63, 3.8) is 0 Å². The Morgan fingerprint density at radius 2 is 2.03 bits per heavy atom. The van der Waals surface area contributed by atoms with Gasteiger partial charge in [-0.3, -0.25) is 9.59 Å². The molecule has 4 rings (SSSR count). The Morgan fingerprint density at radius 1 is 1.27 bits per heavy atom. The Morgan fingerprint density at radius 3 is 2.70 bits per heavy atom. The molecule has 1 fully saturated rings. The molecular formula is C22H24N4O5S2. The van der Waals surface area contributed by atoms with Gasteiger partial charge in [0.1, 0.15) is 4.21 Å². The lowest BCUT2D eigenvalue weighted by molar-refractivity contribution is -0.120. The minimum absolute atomic E-state index is 0.0529. The molecule has 1 saturated heterocycles. The molecule has 1 aliphatic heterocycles. The first-order valence-electron chi connectivity index (χ1n) is 10.6. The zero-order chi connectivity index (χ0) is 23.6. The van der Waals surface area contributed by atoms with Crippen molar-refractivity contribution in [2.24, 2.45) is 5.92 Å². The second-order valence-electron chi connectivity index (χ2n) is 7.84. The SMILES string of the molecule is CCc1nc(-c2csc(S(=O)(=O)N3CCCC(C(=O)Nc4ccc(C(C)=O)cc4)C3)c2)no1. The minimum Gasteiger partial charge on any atom is -0.339 e. The number of piperidine rings is 1. The predicted molar refractivity (Wildman–Crippen MR) is 124 cm³/mol. The molecule has 1 aromatic carbocycles. The number of benzene rings is 1. The number of anilines is 1. The van der Waals surface area contributed by atoms with E-state index in [1.165, 1.54) is 11.2 Å². The Bertz CT molecular complexity index is 1260. The number of nitrogens with zero attached hydrogens (tertiary/aromatic N) is 3. The van der Waals surface area contributed by atoms with Gasteiger partial charge in [0.2, 0.25) is 17.6 Å². The largest absolute Gasteiger partial charge is 0.339 e. The number of rotatable bonds is 7. The van der Waals surface area contributed by atoms with Crippen LogP contribution in [0, 0.1) is 5.92 Å². The maximum Gasteiger partial charge on any atom is 0.252 e. The molecule has 9 nitrogen and oxygen atoms in total. The molecule has 174 valence electrons. The first-order valence-corrected chi connectivity index (χ1v) is 12.9. The smallest absolute Gasteiger partial charge is 0.252 e. The van der Waals surface area contributed by atoms with Gasteiger partial charge >= 0.3 is 0 Å². The lowest BCUT2D eigenvalue weighted by atomic mass is 9.98. The van der Waals surface area contributed by atoms with Gasteiger partial charge in [-0.1, -0.05) is 12.1 Å². The number of carbonyl (C=O) groups excluding carboxylic acids is 2. The van der Waals surface area contributed by atoms with E-state index < -0.39 is 15.9 Å². The molecule has 3 aromatic rings. The van der Waals surface area contributed by atoms with E-state index in [-0.39, 0.29) is 22.4 Å². The highest BCUT2D eigenvalue weighted by Crippen LogP contribution is 2.31. The number of carbonyl (C=O) groups is 2. The molecule has 1 N–H and O–H groups in total. The number of aromatic nitrogens is 2. The van der Waals surface area contributed by atoms with Crippen LogP contribution in [0.3, 0.4) is 0 Å². The predicted octanol–water partition coefficient (Wildman–Crippen LogP) is 3.60. The van der Waals surface area contributed by atoms with Crippen LogP contribution < -0.4 is 5.32 Å². The number of sulfonamides is 1. The topological polar surface area (TPSA) is 122 Å². The molecular weight excluding hydrogens is 464 g/mol. The number of ketones is 1. The molecule has 1 aliphatic rings. The van der Waals surface area contributed by atoms with Crippen LogP contribution in [0.4, 0.5) is 5.69 Å². The summed E-state index contributed by atoms with van der Waals surface area (Å²) in [7, 11) is -3.75. The average molecular weight is 489 g/mol. The van der Waals surface area contributed by atoms with Crippen LogP contribution >= 0.6 is 11.3 Å². The highest BCUT2D eigenvalue weighted by Gasteiger charge is 2.34. The number of thiophene rings is 1. The molecule has 3 heterocycles. The number of amides is 1. The van der Waals surface area contributed by atoms with Gasteiger partial charge in [0.05, 0.1) is 5.92 Å². The molecule has 0 bridgehead atoms. The summed E-state index contributed by atoms with van der Waals surface area (Å²) in [6, 6.07) is 8.18. The van der Waals surface area contributed by atoms with Crippen molar-refractivity contribution in [3.8, 4) is 11.4 Å². The van der Waals surface area contributed by atoms with Crippen LogP contribution in [-0.4, -0.2) is 47.6 Å². The zero-order valence-electron chi connectivity index (χ0n) is 18.3. The van der Waals surface area contributed by atoms with Crippen molar-refractivity contribution in [2.75, 3.05) is 18.4 Å². The molecule has 2 aromatic heterocycles. The molecule has 1 unspecified atom stereocenters. The van der Waals surface area contributed by atoms with Crippen LogP contribution in [0.5, 0.6) is 0 Å². The van der Waals surface area contributed by atoms with Crippen molar-refractivity contribution >= 4 is 38.7 Å². The Kier molecular flexibility index (Phi) is 6.73. The van der Waals surface area contributed by atoms with Crippen molar-refractivity contribution in [2.45, 2.75) is 37.3 Å². The Labute approximate surface area is 195 Å². The normalized spacial score (nSPS) is 17.1. The summed E-state index contributed by atoms with van der Waals surface area (Å²) in [5.41, 5.74) is 1.71. The molecule has 0 radical (unpaired) electrons. The van der Waals surface area contributed by atoms with E-state index in [1.807, 2.05) is 6.92 Å². The van der Waals surface area contributed by atoms with Crippen molar-refractivity contribution in [3.05, 3.63) is 47.2 Å². The maximum atomic E-state index is 13.2. The number of aryl methyl sites for hydroxylation is 1. The van der Waals surface area contributed by atoms with Gasteiger partial charge in [-0.2, -0.15) is 9.29 Å². The first-order chi connectivity index (χ1) is 15.8. The lowest BCUT2D eigenvalue weighted by Crippen LogP contribution is -2.43. The second-order valence-corrected chi connectivity index (χ2v) is 10.9. The van der Waals surface area contributed by atoms with E-state index in [9.17, 15) is 18.0 Å².